The Morgan fingerprint density at radius 2 is 1.53 bits per heavy atom. The molecule has 34 heavy (non-hydrogen) atoms. The van der Waals surface area contributed by atoms with Gasteiger partial charge in [0.1, 0.15) is 35.5 Å². The highest BCUT2D eigenvalue weighted by molar-refractivity contribution is 7.89. The molecule has 0 aliphatic rings. The van der Waals surface area contributed by atoms with Crippen LogP contribution >= 0.6 is 0 Å². The Hall–Kier alpha value is -3.64. The first kappa shape index (κ1) is 25.0. The highest BCUT2D eigenvalue weighted by Crippen LogP contribution is 2.18. The van der Waals surface area contributed by atoms with Crippen molar-refractivity contribution >= 4 is 33.2 Å². The molecule has 0 radical (unpaired) electrons. The molecule has 2 atom stereocenters. The number of anilines is 2. The topological polar surface area (TPSA) is 135 Å². The lowest BCUT2D eigenvalue weighted by molar-refractivity contribution is -0.119. The van der Waals surface area contributed by atoms with Crippen LogP contribution in [0.3, 0.4) is 0 Å². The third-order valence-electron chi connectivity index (χ3n) is 4.99. The second-order valence-electron chi connectivity index (χ2n) is 7.88. The maximum Gasteiger partial charge on any atom is 0.249 e. The van der Waals surface area contributed by atoms with Crippen LogP contribution in [-0.4, -0.2) is 41.0 Å². The van der Waals surface area contributed by atoms with E-state index in [0.29, 0.717) is 11.4 Å². The standard InChI is InChI=1S/C22H25FN6O4S/c1-14(2)20(28-34(32,33)19-7-5-4-6-18(19)23)22(31)27-17-10-8-16(9-11-17)26-21(30)15(3)29-13-24-12-25-29/h4-15,20,28H,1-3H3,(H,26,30)(H,27,31)/t15?,20-/m0/s1. The van der Waals surface area contributed by atoms with Crippen molar-refractivity contribution in [2.45, 2.75) is 37.8 Å². The highest BCUT2D eigenvalue weighted by atomic mass is 32.2. The molecule has 1 aromatic heterocycles. The fourth-order valence-electron chi connectivity index (χ4n) is 3.03. The number of amides is 2. The van der Waals surface area contributed by atoms with Crippen LogP contribution in [0.15, 0.2) is 66.1 Å². The van der Waals surface area contributed by atoms with Crippen LogP contribution in [0.2, 0.25) is 0 Å². The van der Waals surface area contributed by atoms with Crippen LogP contribution in [-0.2, 0) is 19.6 Å². The van der Waals surface area contributed by atoms with Crippen molar-refractivity contribution in [2.75, 3.05) is 10.6 Å². The molecule has 1 unspecified atom stereocenters. The first-order chi connectivity index (χ1) is 16.1. The van der Waals surface area contributed by atoms with Crippen molar-refractivity contribution in [3.63, 3.8) is 0 Å². The van der Waals surface area contributed by atoms with Crippen LogP contribution in [0, 0.1) is 11.7 Å². The van der Waals surface area contributed by atoms with Gasteiger partial charge in [-0.25, -0.2) is 22.5 Å². The Labute approximate surface area is 196 Å². The second-order valence-corrected chi connectivity index (χ2v) is 9.56. The van der Waals surface area contributed by atoms with Gasteiger partial charge in [-0.15, -0.1) is 0 Å². The second kappa shape index (κ2) is 10.5. The molecule has 3 aromatic rings. The van der Waals surface area contributed by atoms with E-state index >= 15 is 0 Å². The van der Waals surface area contributed by atoms with Crippen molar-refractivity contribution in [1.29, 1.82) is 0 Å². The molecule has 2 amide bonds. The number of carbonyl (C=O) groups excluding carboxylic acids is 2. The number of aromatic nitrogens is 3. The Morgan fingerprint density at radius 1 is 0.941 bits per heavy atom. The van der Waals surface area contributed by atoms with E-state index in [9.17, 15) is 22.4 Å². The van der Waals surface area contributed by atoms with Crippen molar-refractivity contribution in [3.8, 4) is 0 Å². The average Bonchev–Trinajstić information content (AvgIpc) is 3.33. The minimum atomic E-state index is -4.26. The van der Waals surface area contributed by atoms with Crippen molar-refractivity contribution < 1.29 is 22.4 Å². The van der Waals surface area contributed by atoms with E-state index in [-0.39, 0.29) is 5.91 Å². The summed E-state index contributed by atoms with van der Waals surface area (Å²) in [5, 5.41) is 9.31. The Morgan fingerprint density at radius 3 is 2.06 bits per heavy atom. The lowest BCUT2D eigenvalue weighted by Gasteiger charge is -2.22. The minimum Gasteiger partial charge on any atom is -0.325 e. The SMILES string of the molecule is CC(C)[C@H](NS(=O)(=O)c1ccccc1F)C(=O)Nc1ccc(NC(=O)C(C)n2cncn2)cc1. The molecule has 0 aliphatic carbocycles. The van der Waals surface area contributed by atoms with Gasteiger partial charge < -0.3 is 10.6 Å². The van der Waals surface area contributed by atoms with E-state index in [1.165, 1.54) is 29.5 Å². The van der Waals surface area contributed by atoms with E-state index in [1.54, 1.807) is 45.0 Å². The van der Waals surface area contributed by atoms with Crippen LogP contribution < -0.4 is 15.4 Å². The zero-order valence-corrected chi connectivity index (χ0v) is 19.6. The molecule has 0 fully saturated rings. The molecular formula is C22H25FN6O4S. The largest absolute Gasteiger partial charge is 0.325 e. The van der Waals surface area contributed by atoms with E-state index in [4.69, 9.17) is 0 Å². The Kier molecular flexibility index (Phi) is 7.74. The van der Waals surface area contributed by atoms with Gasteiger partial charge in [0.2, 0.25) is 21.8 Å². The van der Waals surface area contributed by atoms with Crippen molar-refractivity contribution in [1.82, 2.24) is 19.5 Å². The van der Waals surface area contributed by atoms with Crippen LogP contribution in [0.4, 0.5) is 15.8 Å². The summed E-state index contributed by atoms with van der Waals surface area (Å²) in [6.07, 6.45) is 2.77. The van der Waals surface area contributed by atoms with E-state index in [2.05, 4.69) is 25.4 Å². The monoisotopic (exact) mass is 488 g/mol. The third-order valence-corrected chi connectivity index (χ3v) is 6.46. The quantitative estimate of drug-likeness (QED) is 0.424. The summed E-state index contributed by atoms with van der Waals surface area (Å²) in [4.78, 5) is 28.4. The Balaban J connectivity index is 1.66. The van der Waals surface area contributed by atoms with Crippen molar-refractivity contribution in [3.05, 3.63) is 67.0 Å². The first-order valence-electron chi connectivity index (χ1n) is 10.4. The van der Waals surface area contributed by atoms with E-state index in [1.807, 2.05) is 0 Å². The molecule has 180 valence electrons. The zero-order valence-electron chi connectivity index (χ0n) is 18.8. The van der Waals surface area contributed by atoms with Gasteiger partial charge in [0.25, 0.3) is 0 Å². The molecule has 10 nitrogen and oxygen atoms in total. The first-order valence-corrected chi connectivity index (χ1v) is 11.9. The minimum absolute atomic E-state index is 0.301. The predicted molar refractivity (Wildman–Crippen MR) is 124 cm³/mol. The smallest absolute Gasteiger partial charge is 0.249 e. The number of halogens is 1. The van der Waals surface area contributed by atoms with Gasteiger partial charge in [-0.2, -0.15) is 9.82 Å². The van der Waals surface area contributed by atoms with Gasteiger partial charge in [-0.05, 0) is 49.2 Å². The summed E-state index contributed by atoms with van der Waals surface area (Å²) in [5.41, 5.74) is 0.888. The summed E-state index contributed by atoms with van der Waals surface area (Å²) in [5.74, 6) is -2.23. The molecule has 3 N–H and O–H groups in total. The van der Waals surface area contributed by atoms with Crippen LogP contribution in [0.5, 0.6) is 0 Å². The number of hydrogen-bond donors (Lipinski definition) is 3. The van der Waals surface area contributed by atoms with Gasteiger partial charge in [0.15, 0.2) is 0 Å². The maximum absolute atomic E-state index is 14.0. The summed E-state index contributed by atoms with van der Waals surface area (Å²) in [7, 11) is -4.26. The lowest BCUT2D eigenvalue weighted by Crippen LogP contribution is -2.47. The lowest BCUT2D eigenvalue weighted by atomic mass is 10.0. The number of benzene rings is 2. The van der Waals surface area contributed by atoms with Gasteiger partial charge >= 0.3 is 0 Å². The zero-order chi connectivity index (χ0) is 24.9. The van der Waals surface area contributed by atoms with Gasteiger partial charge in [0, 0.05) is 11.4 Å². The molecule has 0 bridgehead atoms. The third kappa shape index (κ3) is 6.02. The number of hydrogen-bond acceptors (Lipinski definition) is 6. The van der Waals surface area contributed by atoms with Crippen molar-refractivity contribution in [2.24, 2.45) is 5.92 Å². The maximum atomic E-state index is 14.0. The molecule has 12 heteroatoms. The van der Waals surface area contributed by atoms with Crippen LogP contribution in [0.25, 0.3) is 0 Å². The number of carbonyl (C=O) groups is 2. The molecule has 0 aliphatic heterocycles. The molecular weight excluding hydrogens is 463 g/mol. The average molecular weight is 489 g/mol. The number of nitrogens with zero attached hydrogens (tertiary/aromatic N) is 3. The van der Waals surface area contributed by atoms with Gasteiger partial charge in [-0.3, -0.25) is 9.59 Å². The summed E-state index contributed by atoms with van der Waals surface area (Å²) < 4.78 is 42.9. The molecule has 3 rings (SSSR count). The molecule has 0 saturated carbocycles. The fraction of sp³-hybridized carbons (Fsp3) is 0.273. The highest BCUT2D eigenvalue weighted by Gasteiger charge is 2.30. The summed E-state index contributed by atoms with van der Waals surface area (Å²) >= 11 is 0. The van der Waals surface area contributed by atoms with Gasteiger partial charge in [-0.1, -0.05) is 26.0 Å². The molecule has 1 heterocycles. The number of nitrogens with one attached hydrogen (secondary N) is 3. The van der Waals surface area contributed by atoms with E-state index in [0.717, 1.165) is 12.1 Å². The number of rotatable bonds is 9. The molecule has 0 saturated heterocycles. The van der Waals surface area contributed by atoms with Gasteiger partial charge in [0.05, 0.1) is 0 Å². The Bertz CT molecular complexity index is 1250. The molecule has 2 aromatic carbocycles. The summed E-state index contributed by atoms with van der Waals surface area (Å²) in [6, 6.07) is 9.54. The summed E-state index contributed by atoms with van der Waals surface area (Å²) in [6.45, 7) is 5.01. The predicted octanol–water partition coefficient (Wildman–Crippen LogP) is 2.56. The van der Waals surface area contributed by atoms with E-state index < -0.39 is 44.6 Å². The fourth-order valence-corrected chi connectivity index (χ4v) is 4.45. The number of sulfonamides is 1. The van der Waals surface area contributed by atoms with Crippen LogP contribution in [0.1, 0.15) is 26.8 Å². The molecule has 0 spiro atoms. The normalized spacial score (nSPS) is 13.3.